The van der Waals surface area contributed by atoms with Gasteiger partial charge < -0.3 is 10.1 Å². The number of hydrogen-bond donors (Lipinski definition) is 1. The first kappa shape index (κ1) is 23.6. The number of para-hydroxylation sites is 1. The van der Waals surface area contributed by atoms with Crippen molar-refractivity contribution in [3.63, 3.8) is 0 Å². The van der Waals surface area contributed by atoms with E-state index in [1.165, 1.54) is 16.7 Å². The summed E-state index contributed by atoms with van der Waals surface area (Å²) in [5.74, 6) is -0.00520. The van der Waals surface area contributed by atoms with Crippen LogP contribution in [-0.4, -0.2) is 24.2 Å². The molecule has 170 valence electrons. The lowest BCUT2D eigenvalue weighted by Gasteiger charge is -2.18. The molecule has 1 N–H and O–H groups in total. The number of benzene rings is 3. The maximum Gasteiger partial charge on any atom is 0.269 e. The number of carbonyl (C=O) groups is 2. The Labute approximate surface area is 210 Å². The molecule has 3 aromatic carbocycles. The minimum atomic E-state index is -0.564. The van der Waals surface area contributed by atoms with E-state index in [4.69, 9.17) is 4.74 Å². The molecule has 8 heteroatoms. The Kier molecular flexibility index (Phi) is 7.36. The Morgan fingerprint density at radius 1 is 1.09 bits per heavy atom. The van der Waals surface area contributed by atoms with Crippen molar-refractivity contribution in [3.05, 3.63) is 99.5 Å². The number of nitriles is 1. The lowest BCUT2D eigenvalue weighted by atomic mass is 10.1. The quantitative estimate of drug-likeness (QED) is 0.333. The number of rotatable bonds is 6. The van der Waals surface area contributed by atoms with E-state index in [0.717, 1.165) is 15.8 Å². The molecule has 1 aliphatic heterocycles. The highest BCUT2D eigenvalue weighted by Crippen LogP contribution is 2.42. The summed E-state index contributed by atoms with van der Waals surface area (Å²) in [5.41, 5.74) is 2.01. The topological polar surface area (TPSA) is 82.4 Å². The number of ether oxygens (including phenoxy) is 1. The number of hydrogen-bond acceptors (Lipinski definition) is 5. The molecule has 1 heterocycles. The van der Waals surface area contributed by atoms with Gasteiger partial charge in [0.05, 0.1) is 12.4 Å². The second-order valence-corrected chi connectivity index (χ2v) is 9.53. The number of anilines is 2. The number of nitrogens with one attached hydrogen (secondary N) is 1. The molecule has 0 aromatic heterocycles. The summed E-state index contributed by atoms with van der Waals surface area (Å²) in [5, 5.41) is 12.5. The summed E-state index contributed by atoms with van der Waals surface area (Å²) in [4.78, 5) is 28.0. The van der Waals surface area contributed by atoms with Crippen LogP contribution in [0, 0.1) is 11.3 Å². The lowest BCUT2D eigenvalue weighted by molar-refractivity contribution is -0.117. The van der Waals surface area contributed by atoms with E-state index >= 15 is 0 Å². The Morgan fingerprint density at radius 2 is 1.76 bits per heavy atom. The molecule has 1 atom stereocenters. The molecule has 4 rings (SSSR count). The van der Waals surface area contributed by atoms with Gasteiger partial charge in [-0.2, -0.15) is 5.26 Å². The summed E-state index contributed by atoms with van der Waals surface area (Å²) in [7, 11) is 1.60. The van der Waals surface area contributed by atoms with Gasteiger partial charge in [0, 0.05) is 15.8 Å². The molecule has 1 unspecified atom stereocenters. The molecule has 0 saturated carbocycles. The molecular weight excluding hydrogens is 514 g/mol. The Morgan fingerprint density at radius 3 is 2.38 bits per heavy atom. The maximum atomic E-state index is 13.5. The highest BCUT2D eigenvalue weighted by atomic mass is 79.9. The van der Waals surface area contributed by atoms with Gasteiger partial charge in [-0.15, -0.1) is 0 Å². The van der Waals surface area contributed by atoms with Crippen LogP contribution in [0.2, 0.25) is 0 Å². The van der Waals surface area contributed by atoms with Crippen LogP contribution >= 0.6 is 27.7 Å². The van der Waals surface area contributed by atoms with Crippen LogP contribution in [0.15, 0.2) is 93.9 Å². The summed E-state index contributed by atoms with van der Waals surface area (Å²) in [6.07, 6.45) is 0.452. The Hall–Kier alpha value is -3.54. The zero-order valence-electron chi connectivity index (χ0n) is 18.2. The van der Waals surface area contributed by atoms with Gasteiger partial charge in [-0.05, 0) is 60.5 Å². The predicted molar refractivity (Wildman–Crippen MR) is 137 cm³/mol. The highest BCUT2D eigenvalue weighted by molar-refractivity contribution is 9.10. The van der Waals surface area contributed by atoms with Crippen LogP contribution in [0.5, 0.6) is 5.75 Å². The van der Waals surface area contributed by atoms with Gasteiger partial charge in [0.15, 0.2) is 0 Å². The van der Waals surface area contributed by atoms with Crippen LogP contribution in [0.4, 0.5) is 11.4 Å². The summed E-state index contributed by atoms with van der Waals surface area (Å²) in [6, 6.07) is 25.6. The summed E-state index contributed by atoms with van der Waals surface area (Å²) < 4.78 is 6.08. The molecule has 1 fully saturated rings. The zero-order chi connectivity index (χ0) is 24.1. The number of halogens is 1. The smallest absolute Gasteiger partial charge is 0.269 e. The van der Waals surface area contributed by atoms with Gasteiger partial charge in [-0.25, -0.2) is 0 Å². The first-order valence-corrected chi connectivity index (χ1v) is 12.1. The van der Waals surface area contributed by atoms with Crippen molar-refractivity contribution in [1.82, 2.24) is 0 Å². The largest absolute Gasteiger partial charge is 0.497 e. The molecule has 0 spiro atoms. The van der Waals surface area contributed by atoms with Crippen molar-refractivity contribution in [2.45, 2.75) is 11.7 Å². The van der Waals surface area contributed by atoms with Gasteiger partial charge in [0.1, 0.15) is 22.4 Å². The molecule has 0 aliphatic carbocycles. The number of thioether (sulfide) groups is 1. The molecule has 1 saturated heterocycles. The van der Waals surface area contributed by atoms with E-state index < -0.39 is 11.2 Å². The third-order valence-corrected chi connectivity index (χ3v) is 6.99. The summed E-state index contributed by atoms with van der Waals surface area (Å²) in [6.45, 7) is 0. The second kappa shape index (κ2) is 10.6. The van der Waals surface area contributed by atoms with Crippen molar-refractivity contribution < 1.29 is 14.3 Å². The van der Waals surface area contributed by atoms with Crippen LogP contribution < -0.4 is 15.0 Å². The average Bonchev–Trinajstić information content (AvgIpc) is 3.17. The number of methoxy groups -OCH3 is 1. The minimum absolute atomic E-state index is 0.109. The van der Waals surface area contributed by atoms with Gasteiger partial charge >= 0.3 is 0 Å². The molecule has 1 aliphatic rings. The second-order valence-electron chi connectivity index (χ2n) is 7.42. The molecule has 0 radical (unpaired) electrons. The fourth-order valence-electron chi connectivity index (χ4n) is 3.50. The minimum Gasteiger partial charge on any atom is -0.497 e. The van der Waals surface area contributed by atoms with Crippen LogP contribution in [0.3, 0.4) is 0 Å². The van der Waals surface area contributed by atoms with E-state index in [2.05, 4.69) is 21.2 Å². The van der Waals surface area contributed by atoms with Crippen molar-refractivity contribution in [2.24, 2.45) is 0 Å². The number of nitrogens with zero attached hydrogens (tertiary/aromatic N) is 2. The van der Waals surface area contributed by atoms with E-state index in [1.807, 2.05) is 48.5 Å². The zero-order valence-corrected chi connectivity index (χ0v) is 20.6. The predicted octanol–water partition coefficient (Wildman–Crippen LogP) is 5.52. The van der Waals surface area contributed by atoms with E-state index in [1.54, 1.807) is 43.5 Å². The molecule has 3 aromatic rings. The van der Waals surface area contributed by atoms with E-state index in [9.17, 15) is 14.9 Å². The van der Waals surface area contributed by atoms with Gasteiger partial charge in [0.2, 0.25) is 5.91 Å². The van der Waals surface area contributed by atoms with Crippen LogP contribution in [0.1, 0.15) is 5.56 Å². The standard InChI is InChI=1S/C26H20BrN3O3S/c1-33-21-13-7-17(8-14-21)15-23-25(32)30(20-5-3-2-4-6-20)26(34-23)22(16-28)24(31)29-19-11-9-18(27)10-12-19/h2-14,23H,15H2,1H3,(H,29,31). The maximum absolute atomic E-state index is 13.5. The van der Waals surface area contributed by atoms with Gasteiger partial charge in [0.25, 0.3) is 5.91 Å². The highest BCUT2D eigenvalue weighted by Gasteiger charge is 2.40. The molecule has 34 heavy (non-hydrogen) atoms. The first-order chi connectivity index (χ1) is 16.5. The third kappa shape index (κ3) is 5.16. The van der Waals surface area contributed by atoms with Crippen molar-refractivity contribution >= 4 is 50.9 Å². The fourth-order valence-corrected chi connectivity index (χ4v) is 5.07. The van der Waals surface area contributed by atoms with Gasteiger partial charge in [-0.1, -0.05) is 58.0 Å². The third-order valence-electron chi connectivity index (χ3n) is 5.20. The van der Waals surface area contributed by atoms with Crippen molar-refractivity contribution in [2.75, 3.05) is 17.3 Å². The number of carbonyl (C=O) groups excluding carboxylic acids is 2. The van der Waals surface area contributed by atoms with Gasteiger partial charge in [-0.3, -0.25) is 14.5 Å². The molecule has 0 bridgehead atoms. The molecular formula is C26H20BrN3O3S. The fraction of sp³-hybridized carbons (Fsp3) is 0.115. The van der Waals surface area contributed by atoms with Crippen LogP contribution in [0.25, 0.3) is 0 Å². The van der Waals surface area contributed by atoms with E-state index in [0.29, 0.717) is 22.8 Å². The molecule has 2 amide bonds. The SMILES string of the molecule is COc1ccc(CC2SC(=C(C#N)C(=O)Nc3ccc(Br)cc3)N(c3ccccc3)C2=O)cc1. The molecule has 6 nitrogen and oxygen atoms in total. The first-order valence-electron chi connectivity index (χ1n) is 10.4. The Balaban J connectivity index is 1.68. The lowest BCUT2D eigenvalue weighted by Crippen LogP contribution is -2.30. The van der Waals surface area contributed by atoms with Crippen molar-refractivity contribution in [3.8, 4) is 11.8 Å². The van der Waals surface area contributed by atoms with Crippen molar-refractivity contribution in [1.29, 1.82) is 5.26 Å². The van der Waals surface area contributed by atoms with E-state index in [-0.39, 0.29) is 11.5 Å². The summed E-state index contributed by atoms with van der Waals surface area (Å²) >= 11 is 4.60. The number of amides is 2. The van der Waals surface area contributed by atoms with Crippen LogP contribution in [-0.2, 0) is 16.0 Å². The monoisotopic (exact) mass is 533 g/mol. The average molecular weight is 534 g/mol. The Bertz CT molecular complexity index is 1270. The normalized spacial score (nSPS) is 16.7.